The largest absolute Gasteiger partial charge is 0.398 e. The van der Waals surface area contributed by atoms with Gasteiger partial charge in [-0.2, -0.15) is 5.26 Å². The van der Waals surface area contributed by atoms with Crippen molar-refractivity contribution in [3.05, 3.63) is 70.9 Å². The summed E-state index contributed by atoms with van der Waals surface area (Å²) >= 11 is 5.96. The van der Waals surface area contributed by atoms with E-state index in [9.17, 15) is 10.1 Å². The molecule has 2 aromatic rings. The molecule has 6 nitrogen and oxygen atoms in total. The first-order chi connectivity index (χ1) is 14.0. The second kappa shape index (κ2) is 9.97. The van der Waals surface area contributed by atoms with Crippen molar-refractivity contribution >= 4 is 28.9 Å². The van der Waals surface area contributed by atoms with Crippen LogP contribution in [-0.4, -0.2) is 29.9 Å². The van der Waals surface area contributed by atoms with Crippen molar-refractivity contribution in [3.8, 4) is 6.07 Å². The molecule has 3 rings (SSSR count). The summed E-state index contributed by atoms with van der Waals surface area (Å²) in [7, 11) is 0. The van der Waals surface area contributed by atoms with Gasteiger partial charge in [-0.05, 0) is 36.6 Å². The third kappa shape index (κ3) is 5.98. The average Bonchev–Trinajstić information content (AvgIpc) is 2.73. The zero-order chi connectivity index (χ0) is 20.6. The van der Waals surface area contributed by atoms with E-state index in [2.05, 4.69) is 39.8 Å². The lowest BCUT2D eigenvalue weighted by Gasteiger charge is -2.32. The number of benzene rings is 2. The van der Waals surface area contributed by atoms with Gasteiger partial charge in [0.15, 0.2) is 0 Å². The summed E-state index contributed by atoms with van der Waals surface area (Å²) in [6.45, 7) is 2.89. The first-order valence-electron chi connectivity index (χ1n) is 9.54. The van der Waals surface area contributed by atoms with E-state index in [0.29, 0.717) is 16.4 Å². The number of anilines is 2. The molecule has 0 radical (unpaired) electrons. The fourth-order valence-corrected chi connectivity index (χ4v) is 3.43. The Morgan fingerprint density at radius 1 is 1.24 bits per heavy atom. The Morgan fingerprint density at radius 2 is 1.97 bits per heavy atom. The molecule has 0 saturated carbocycles. The Labute approximate surface area is 175 Å². The maximum absolute atomic E-state index is 12.3. The van der Waals surface area contributed by atoms with Crippen molar-refractivity contribution in [2.75, 3.05) is 24.1 Å². The smallest absolute Gasteiger partial charge is 0.267 e. The van der Waals surface area contributed by atoms with Gasteiger partial charge >= 0.3 is 0 Å². The molecule has 7 heteroatoms. The molecule has 0 atom stereocenters. The van der Waals surface area contributed by atoms with Crippen LogP contribution in [0.25, 0.3) is 0 Å². The number of halogens is 1. The third-order valence-electron chi connectivity index (χ3n) is 4.92. The van der Waals surface area contributed by atoms with Crippen molar-refractivity contribution in [1.82, 2.24) is 10.2 Å². The Morgan fingerprint density at radius 3 is 2.62 bits per heavy atom. The molecule has 1 aliphatic rings. The number of rotatable bonds is 6. The minimum absolute atomic E-state index is 0.0182. The molecule has 2 aromatic carbocycles. The molecule has 4 N–H and O–H groups in total. The van der Waals surface area contributed by atoms with Crippen molar-refractivity contribution in [1.29, 1.82) is 5.26 Å². The van der Waals surface area contributed by atoms with Crippen molar-refractivity contribution in [2.45, 2.75) is 25.4 Å². The highest BCUT2D eigenvalue weighted by Crippen LogP contribution is 2.23. The topological polar surface area (TPSA) is 94.2 Å². The predicted octanol–water partition coefficient (Wildman–Crippen LogP) is 3.52. The van der Waals surface area contributed by atoms with Crippen LogP contribution in [0.1, 0.15) is 18.4 Å². The Hall–Kier alpha value is -3.01. The molecular weight excluding hydrogens is 386 g/mol. The van der Waals surface area contributed by atoms with Crippen LogP contribution in [0.4, 0.5) is 11.4 Å². The number of hydrogen-bond donors (Lipinski definition) is 3. The summed E-state index contributed by atoms with van der Waals surface area (Å²) in [6.07, 6.45) is 3.42. The van der Waals surface area contributed by atoms with Gasteiger partial charge in [0.05, 0.1) is 10.7 Å². The van der Waals surface area contributed by atoms with E-state index in [1.165, 1.54) is 11.8 Å². The van der Waals surface area contributed by atoms with Crippen LogP contribution in [0.3, 0.4) is 0 Å². The summed E-state index contributed by atoms with van der Waals surface area (Å²) in [5.41, 5.74) is 7.92. The monoisotopic (exact) mass is 409 g/mol. The van der Waals surface area contributed by atoms with Crippen LogP contribution >= 0.6 is 11.6 Å². The van der Waals surface area contributed by atoms with Gasteiger partial charge < -0.3 is 16.4 Å². The van der Waals surface area contributed by atoms with E-state index in [-0.39, 0.29) is 11.6 Å². The number of nitrogens with zero attached hydrogens (tertiary/aromatic N) is 2. The first kappa shape index (κ1) is 20.7. The number of carbonyl (C=O) groups excluding carboxylic acids is 1. The van der Waals surface area contributed by atoms with E-state index >= 15 is 0 Å². The molecule has 1 aliphatic heterocycles. The van der Waals surface area contributed by atoms with E-state index in [1.807, 2.05) is 12.1 Å². The molecule has 1 saturated heterocycles. The lowest BCUT2D eigenvalue weighted by atomic mass is 10.0. The fourth-order valence-electron chi connectivity index (χ4n) is 3.25. The zero-order valence-corrected chi connectivity index (χ0v) is 16.8. The lowest BCUT2D eigenvalue weighted by molar-refractivity contribution is -0.112. The molecule has 1 heterocycles. The number of carbonyl (C=O) groups is 1. The van der Waals surface area contributed by atoms with Crippen LogP contribution in [0.15, 0.2) is 60.3 Å². The molecule has 0 aliphatic carbocycles. The minimum atomic E-state index is -0.484. The fraction of sp³-hybridized carbons (Fsp3) is 0.273. The number of nitriles is 1. The van der Waals surface area contributed by atoms with E-state index in [4.69, 9.17) is 17.3 Å². The van der Waals surface area contributed by atoms with E-state index in [0.717, 1.165) is 32.5 Å². The lowest BCUT2D eigenvalue weighted by Crippen LogP contribution is -2.40. The SMILES string of the molecule is N#C/C(=C/NC1CCN(Cc2ccccc2)CC1)C(=O)Nc1ccc(N)c(Cl)c1. The Balaban J connectivity index is 1.49. The summed E-state index contributed by atoms with van der Waals surface area (Å²) in [6, 6.07) is 17.4. The van der Waals surface area contributed by atoms with Crippen molar-refractivity contribution in [2.24, 2.45) is 0 Å². The molecule has 150 valence electrons. The highest BCUT2D eigenvalue weighted by molar-refractivity contribution is 6.33. The number of hydrogen-bond acceptors (Lipinski definition) is 5. The summed E-state index contributed by atoms with van der Waals surface area (Å²) < 4.78 is 0. The molecule has 1 amide bonds. The van der Waals surface area contributed by atoms with Crippen LogP contribution in [0, 0.1) is 11.3 Å². The first-order valence-corrected chi connectivity index (χ1v) is 9.92. The second-order valence-corrected chi connectivity index (χ2v) is 7.47. The second-order valence-electron chi connectivity index (χ2n) is 7.06. The van der Waals surface area contributed by atoms with Crippen molar-refractivity contribution in [3.63, 3.8) is 0 Å². The van der Waals surface area contributed by atoms with Gasteiger partial charge in [-0.1, -0.05) is 41.9 Å². The highest BCUT2D eigenvalue weighted by atomic mass is 35.5. The minimum Gasteiger partial charge on any atom is -0.398 e. The summed E-state index contributed by atoms with van der Waals surface area (Å²) in [4.78, 5) is 14.8. The van der Waals surface area contributed by atoms with E-state index < -0.39 is 5.91 Å². The van der Waals surface area contributed by atoms with Crippen molar-refractivity contribution < 1.29 is 4.79 Å². The number of nitrogen functional groups attached to an aromatic ring is 1. The quantitative estimate of drug-likeness (QED) is 0.385. The zero-order valence-electron chi connectivity index (χ0n) is 16.1. The van der Waals surface area contributed by atoms with Crippen LogP contribution < -0.4 is 16.4 Å². The maximum atomic E-state index is 12.3. The molecule has 0 spiro atoms. The summed E-state index contributed by atoms with van der Waals surface area (Å²) in [5.74, 6) is -0.484. The molecule has 0 aromatic heterocycles. The molecule has 0 bridgehead atoms. The van der Waals surface area contributed by atoms with Gasteiger partial charge in [0.1, 0.15) is 11.6 Å². The third-order valence-corrected chi connectivity index (χ3v) is 5.25. The van der Waals surface area contributed by atoms with Crippen LogP contribution in [-0.2, 0) is 11.3 Å². The average molecular weight is 410 g/mol. The standard InChI is InChI=1S/C22H24ClN5O/c23-20-12-19(6-7-21(20)25)27-22(29)17(13-24)14-26-18-8-10-28(11-9-18)15-16-4-2-1-3-5-16/h1-7,12,14,18,26H,8-11,15,25H2,(H,27,29)/b17-14-. The molecule has 29 heavy (non-hydrogen) atoms. The number of amides is 1. The van der Waals surface area contributed by atoms with Gasteiger partial charge in [-0.3, -0.25) is 9.69 Å². The normalized spacial score (nSPS) is 15.5. The number of nitrogens with two attached hydrogens (primary N) is 1. The Kier molecular flexibility index (Phi) is 7.12. The molecule has 1 fully saturated rings. The van der Waals surface area contributed by atoms with Crippen LogP contribution in [0.2, 0.25) is 5.02 Å². The Bertz CT molecular complexity index is 915. The van der Waals surface area contributed by atoms with Crippen LogP contribution in [0.5, 0.6) is 0 Å². The summed E-state index contributed by atoms with van der Waals surface area (Å²) in [5, 5.41) is 15.6. The van der Waals surface area contributed by atoms with Gasteiger partial charge in [-0.15, -0.1) is 0 Å². The van der Waals surface area contributed by atoms with E-state index in [1.54, 1.807) is 18.2 Å². The van der Waals surface area contributed by atoms with Gasteiger partial charge in [-0.25, -0.2) is 0 Å². The maximum Gasteiger partial charge on any atom is 0.267 e. The number of nitrogens with one attached hydrogen (secondary N) is 2. The van der Waals surface area contributed by atoms with Gasteiger partial charge in [0.2, 0.25) is 0 Å². The molecular formula is C22H24ClN5O. The van der Waals surface area contributed by atoms with Gasteiger partial charge in [0, 0.05) is 37.6 Å². The number of likely N-dealkylation sites (tertiary alicyclic amines) is 1. The highest BCUT2D eigenvalue weighted by Gasteiger charge is 2.19. The van der Waals surface area contributed by atoms with Gasteiger partial charge in [0.25, 0.3) is 5.91 Å². The number of piperidine rings is 1. The predicted molar refractivity (Wildman–Crippen MR) is 116 cm³/mol. The molecule has 0 unspecified atom stereocenters.